The van der Waals surface area contributed by atoms with Gasteiger partial charge < -0.3 is 99.8 Å². The van der Waals surface area contributed by atoms with Crippen LogP contribution in [0.3, 0.4) is 0 Å². The first-order chi connectivity index (χ1) is 26.5. The summed E-state index contributed by atoms with van der Waals surface area (Å²) >= 11 is 0. The van der Waals surface area contributed by atoms with Crippen LogP contribution in [-0.2, 0) is 52.3 Å². The molecule has 0 radical (unpaired) electrons. The molecule has 5 rings (SSSR count). The van der Waals surface area contributed by atoms with Gasteiger partial charge in [-0.05, 0) is 0 Å². The Morgan fingerprint density at radius 2 is 0.911 bits per heavy atom. The van der Waals surface area contributed by atoms with Crippen LogP contribution >= 0.6 is 0 Å². The Morgan fingerprint density at radius 1 is 0.554 bits per heavy atom. The van der Waals surface area contributed by atoms with Crippen molar-refractivity contribution < 1.29 is 98.2 Å². The minimum atomic E-state index is -1.85. The van der Waals surface area contributed by atoms with E-state index >= 15 is 0 Å². The molecule has 0 aliphatic carbocycles. The van der Waals surface area contributed by atoms with E-state index in [-0.39, 0.29) is 5.90 Å². The molecule has 4 fully saturated rings. The minimum Gasteiger partial charge on any atom is -0.450 e. The third-order valence-corrected chi connectivity index (χ3v) is 10.0. The Morgan fingerprint density at radius 3 is 1.30 bits per heavy atom. The van der Waals surface area contributed by atoms with Gasteiger partial charge in [0, 0.05) is 27.7 Å². The van der Waals surface area contributed by atoms with Gasteiger partial charge in [-0.15, -0.1) is 0 Å². The second-order valence-electron chi connectivity index (χ2n) is 14.1. The molecule has 20 atom stereocenters. The summed E-state index contributed by atoms with van der Waals surface area (Å²) in [5.41, 5.74) is 0. The number of nitrogens with zero attached hydrogens (tertiary/aromatic N) is 1. The molecule has 0 aromatic rings. The van der Waals surface area contributed by atoms with Crippen molar-refractivity contribution in [3.8, 4) is 0 Å². The van der Waals surface area contributed by atoms with Crippen molar-refractivity contribution in [1.29, 1.82) is 0 Å². The molecule has 24 heteroatoms. The van der Waals surface area contributed by atoms with Gasteiger partial charge in [-0.3, -0.25) is 14.4 Å². The van der Waals surface area contributed by atoms with E-state index in [0.717, 1.165) is 20.8 Å². The molecule has 56 heavy (non-hydrogen) atoms. The number of nitrogens with one attached hydrogen (secondary N) is 3. The number of aliphatic hydroxyl groups excluding tert-OH is 9. The minimum absolute atomic E-state index is 0.219. The molecule has 12 N–H and O–H groups in total. The van der Waals surface area contributed by atoms with Gasteiger partial charge in [0.05, 0.1) is 26.4 Å². The van der Waals surface area contributed by atoms with Crippen LogP contribution in [0.5, 0.6) is 0 Å². The molecule has 0 aromatic heterocycles. The van der Waals surface area contributed by atoms with Crippen LogP contribution in [0.15, 0.2) is 4.99 Å². The van der Waals surface area contributed by atoms with E-state index in [0.29, 0.717) is 0 Å². The second kappa shape index (κ2) is 18.9. The van der Waals surface area contributed by atoms with E-state index in [1.807, 2.05) is 0 Å². The molecular weight excluding hydrogens is 760 g/mol. The maximum atomic E-state index is 12.4. The highest BCUT2D eigenvalue weighted by atomic mass is 16.8. The van der Waals surface area contributed by atoms with E-state index < -0.39 is 167 Å². The van der Waals surface area contributed by atoms with Crippen LogP contribution in [0.4, 0.5) is 0 Å². The Hall–Kier alpha value is -2.76. The number of hydrogen-bond donors (Lipinski definition) is 12. The zero-order valence-corrected chi connectivity index (χ0v) is 30.8. The molecule has 320 valence electrons. The molecular formula is C32H52N4O20. The van der Waals surface area contributed by atoms with E-state index in [9.17, 15) is 60.3 Å². The van der Waals surface area contributed by atoms with Crippen molar-refractivity contribution >= 4 is 23.6 Å². The van der Waals surface area contributed by atoms with Gasteiger partial charge in [-0.2, -0.15) is 0 Å². The van der Waals surface area contributed by atoms with E-state index in [4.69, 9.17) is 37.9 Å². The number of ether oxygens (including phenoxy) is 8. The summed E-state index contributed by atoms with van der Waals surface area (Å²) in [4.78, 5) is 40.9. The number of rotatable bonds is 13. The number of amides is 3. The van der Waals surface area contributed by atoms with Crippen molar-refractivity contribution in [1.82, 2.24) is 16.0 Å². The van der Waals surface area contributed by atoms with E-state index in [1.54, 1.807) is 6.92 Å². The van der Waals surface area contributed by atoms with Crippen LogP contribution in [-0.4, -0.2) is 219 Å². The quantitative estimate of drug-likeness (QED) is 0.0821. The lowest BCUT2D eigenvalue weighted by molar-refractivity contribution is -0.360. The van der Waals surface area contributed by atoms with Crippen molar-refractivity contribution in [3.63, 3.8) is 0 Å². The highest BCUT2D eigenvalue weighted by Gasteiger charge is 2.57. The molecule has 0 aromatic carbocycles. The van der Waals surface area contributed by atoms with E-state index in [1.165, 1.54) is 0 Å². The first-order valence-electron chi connectivity index (χ1n) is 18.0. The lowest BCUT2D eigenvalue weighted by Crippen LogP contribution is -2.71. The average Bonchev–Trinajstić information content (AvgIpc) is 3.53. The normalized spacial score (nSPS) is 45.2. The van der Waals surface area contributed by atoms with Gasteiger partial charge in [0.15, 0.2) is 24.8 Å². The number of carbonyl (C=O) groups excluding carboxylic acids is 3. The molecule has 0 bridgehead atoms. The summed E-state index contributed by atoms with van der Waals surface area (Å²) in [7, 11) is 0. The number of carbonyl (C=O) groups is 3. The molecule has 5 aliphatic heterocycles. The first kappa shape index (κ1) is 44.3. The topological polar surface area (TPSA) is 356 Å². The summed E-state index contributed by atoms with van der Waals surface area (Å²) in [6.45, 7) is 1.69. The van der Waals surface area contributed by atoms with Gasteiger partial charge in [-0.25, -0.2) is 4.99 Å². The van der Waals surface area contributed by atoms with Gasteiger partial charge in [-0.1, -0.05) is 0 Å². The van der Waals surface area contributed by atoms with Crippen molar-refractivity contribution in [2.24, 2.45) is 4.99 Å². The van der Waals surface area contributed by atoms with Crippen molar-refractivity contribution in [3.05, 3.63) is 0 Å². The molecule has 4 saturated heterocycles. The SMILES string of the molecule is CC(=O)NC1C(O)[C@H](O)C(CO)O[C@H]1O[C@@H]1C(CO)O[C@@H](O[C@@H]2C(CO)O[C@@H](O[C@@H]3C(CO)O[C@@H]4OC(C)=NC4C3O)C(NC(C)=O)C2O)C(NC(C)=O)C1O. The Bertz CT molecular complexity index is 1400. The van der Waals surface area contributed by atoms with Crippen LogP contribution in [0, 0.1) is 0 Å². The summed E-state index contributed by atoms with van der Waals surface area (Å²) < 4.78 is 46.7. The van der Waals surface area contributed by atoms with Crippen LogP contribution < -0.4 is 16.0 Å². The second-order valence-corrected chi connectivity index (χ2v) is 14.1. The Labute approximate surface area is 319 Å². The number of aliphatic hydroxyl groups is 9. The maximum absolute atomic E-state index is 12.4. The molecule has 0 spiro atoms. The third kappa shape index (κ3) is 9.41. The van der Waals surface area contributed by atoms with Gasteiger partial charge in [0.2, 0.25) is 24.0 Å². The highest BCUT2D eigenvalue weighted by Crippen LogP contribution is 2.36. The highest BCUT2D eigenvalue weighted by molar-refractivity contribution is 5.75. The smallest absolute Gasteiger partial charge is 0.227 e. The van der Waals surface area contributed by atoms with E-state index in [2.05, 4.69) is 20.9 Å². The monoisotopic (exact) mass is 812 g/mol. The number of aliphatic imine (C=N–C) groups is 1. The van der Waals surface area contributed by atoms with Crippen molar-refractivity contribution in [2.75, 3.05) is 26.4 Å². The maximum Gasteiger partial charge on any atom is 0.227 e. The summed E-state index contributed by atoms with van der Waals surface area (Å²) in [5.74, 6) is -1.85. The van der Waals surface area contributed by atoms with Crippen LogP contribution in [0.25, 0.3) is 0 Å². The Kier molecular flexibility index (Phi) is 14.9. The molecule has 5 aliphatic rings. The molecule has 5 heterocycles. The lowest BCUT2D eigenvalue weighted by atomic mass is 9.93. The summed E-state index contributed by atoms with van der Waals surface area (Å²) in [5, 5.41) is 104. The lowest BCUT2D eigenvalue weighted by Gasteiger charge is -2.50. The fourth-order valence-corrected chi connectivity index (χ4v) is 7.39. The largest absolute Gasteiger partial charge is 0.450 e. The Balaban J connectivity index is 1.38. The predicted octanol–water partition coefficient (Wildman–Crippen LogP) is -7.85. The summed E-state index contributed by atoms with van der Waals surface area (Å²) in [6, 6.07) is -5.48. The fourth-order valence-electron chi connectivity index (χ4n) is 7.39. The van der Waals surface area contributed by atoms with Crippen molar-refractivity contribution in [2.45, 2.75) is 150 Å². The summed E-state index contributed by atoms with van der Waals surface area (Å²) in [6.07, 6.45) is -24.7. The van der Waals surface area contributed by atoms with Crippen LogP contribution in [0.1, 0.15) is 27.7 Å². The molecule has 12 unspecified atom stereocenters. The van der Waals surface area contributed by atoms with Gasteiger partial charge in [0.1, 0.15) is 97.4 Å². The number of hydrogen-bond acceptors (Lipinski definition) is 21. The zero-order chi connectivity index (χ0) is 41.2. The van der Waals surface area contributed by atoms with Crippen LogP contribution in [0.2, 0.25) is 0 Å². The standard InChI is InChI=1S/C32H52N4O20/c1-9(41)33-17-22(45)21(44)13(5-37)50-30(17)54-26-15(7-39)52-31(18(23(26)46)34-10(2)42)55-27-16(8-40)53-32(19(24(27)47)35-11(3)43)56-28-14(6-38)51-29-20(25(28)48)36-12(4)49-29/h13-32,37-40,44-48H,5-8H2,1-4H3,(H,33,41)(H,34,42)(H,35,43)/t13?,14?,15?,16?,17?,18?,19?,20?,21-,22?,23?,24?,25?,26-,27-,28-,29+,30+,31+,32+/m1/s1. The first-order valence-corrected chi connectivity index (χ1v) is 18.0. The third-order valence-electron chi connectivity index (χ3n) is 10.0. The van der Waals surface area contributed by atoms with Gasteiger partial charge in [0.25, 0.3) is 0 Å². The molecule has 3 amide bonds. The molecule has 0 saturated carbocycles. The molecule has 24 nitrogen and oxygen atoms in total. The number of fused-ring (bicyclic) bond motifs is 1. The fraction of sp³-hybridized carbons (Fsp3) is 0.875. The predicted molar refractivity (Wildman–Crippen MR) is 178 cm³/mol. The average molecular weight is 813 g/mol. The zero-order valence-electron chi connectivity index (χ0n) is 30.8. The van der Waals surface area contributed by atoms with Gasteiger partial charge >= 0.3 is 0 Å².